The van der Waals surface area contributed by atoms with Gasteiger partial charge < -0.3 is 4.90 Å². The maximum atomic E-state index is 4.61. The lowest BCUT2D eigenvalue weighted by Crippen LogP contribution is -2.46. The van der Waals surface area contributed by atoms with Crippen LogP contribution in [0.1, 0.15) is 16.7 Å². The molecule has 0 spiro atoms. The standard InChI is InChI=1S/C22H23BrN4/c23-21-8-6-19(7-9-21)17-26-10-12-27(13-11-26)22-24-15-20(16-25-22)14-18-4-2-1-3-5-18/h1-9,15-16H,10-14,17H2. The van der Waals surface area contributed by atoms with Gasteiger partial charge in [-0.05, 0) is 28.8 Å². The maximum absolute atomic E-state index is 4.61. The van der Waals surface area contributed by atoms with Crippen LogP contribution >= 0.6 is 15.9 Å². The third-order valence-corrected chi connectivity index (χ3v) is 5.45. The van der Waals surface area contributed by atoms with Gasteiger partial charge in [0.15, 0.2) is 0 Å². The molecule has 1 saturated heterocycles. The monoisotopic (exact) mass is 422 g/mol. The average molecular weight is 423 g/mol. The summed E-state index contributed by atoms with van der Waals surface area (Å²) in [5, 5.41) is 0. The smallest absolute Gasteiger partial charge is 0.225 e. The topological polar surface area (TPSA) is 32.3 Å². The van der Waals surface area contributed by atoms with Crippen LogP contribution in [0.3, 0.4) is 0 Å². The van der Waals surface area contributed by atoms with E-state index in [0.29, 0.717) is 0 Å². The van der Waals surface area contributed by atoms with Crippen LogP contribution < -0.4 is 4.90 Å². The zero-order valence-electron chi connectivity index (χ0n) is 15.3. The second kappa shape index (κ2) is 8.63. The number of hydrogen-bond acceptors (Lipinski definition) is 4. The van der Waals surface area contributed by atoms with E-state index >= 15 is 0 Å². The number of rotatable bonds is 5. The molecule has 0 radical (unpaired) electrons. The van der Waals surface area contributed by atoms with E-state index in [4.69, 9.17) is 0 Å². The van der Waals surface area contributed by atoms with E-state index in [1.165, 1.54) is 11.1 Å². The number of piperazine rings is 1. The minimum atomic E-state index is 0.843. The molecule has 1 aliphatic rings. The highest BCUT2D eigenvalue weighted by molar-refractivity contribution is 9.10. The molecular weight excluding hydrogens is 400 g/mol. The van der Waals surface area contributed by atoms with Crippen molar-refractivity contribution < 1.29 is 0 Å². The SMILES string of the molecule is Brc1ccc(CN2CCN(c3ncc(Cc4ccccc4)cn3)CC2)cc1. The van der Waals surface area contributed by atoms with Crippen molar-refractivity contribution in [2.45, 2.75) is 13.0 Å². The first-order valence-corrected chi connectivity index (χ1v) is 10.1. The summed E-state index contributed by atoms with van der Waals surface area (Å²) in [6, 6.07) is 19.0. The number of halogens is 1. The number of benzene rings is 2. The minimum Gasteiger partial charge on any atom is -0.338 e. The van der Waals surface area contributed by atoms with Gasteiger partial charge >= 0.3 is 0 Å². The first-order chi connectivity index (χ1) is 13.3. The Morgan fingerprint density at radius 3 is 2.07 bits per heavy atom. The Bertz CT molecular complexity index is 842. The van der Waals surface area contributed by atoms with Gasteiger partial charge in [0.2, 0.25) is 5.95 Å². The summed E-state index contributed by atoms with van der Waals surface area (Å²) in [7, 11) is 0. The van der Waals surface area contributed by atoms with Crippen LogP contribution in [0.25, 0.3) is 0 Å². The number of anilines is 1. The highest BCUT2D eigenvalue weighted by Crippen LogP contribution is 2.16. The summed E-state index contributed by atoms with van der Waals surface area (Å²) < 4.78 is 1.13. The third-order valence-electron chi connectivity index (χ3n) is 4.92. The van der Waals surface area contributed by atoms with Crippen molar-refractivity contribution >= 4 is 21.9 Å². The summed E-state index contributed by atoms with van der Waals surface area (Å²) in [4.78, 5) is 14.0. The first kappa shape index (κ1) is 18.1. The van der Waals surface area contributed by atoms with Gasteiger partial charge in [-0.2, -0.15) is 0 Å². The maximum Gasteiger partial charge on any atom is 0.225 e. The minimum absolute atomic E-state index is 0.843. The molecule has 0 amide bonds. The van der Waals surface area contributed by atoms with Gasteiger partial charge in [-0.15, -0.1) is 0 Å². The third kappa shape index (κ3) is 4.93. The quantitative estimate of drug-likeness (QED) is 0.617. The highest BCUT2D eigenvalue weighted by atomic mass is 79.9. The molecule has 27 heavy (non-hydrogen) atoms. The Morgan fingerprint density at radius 1 is 0.741 bits per heavy atom. The molecule has 4 rings (SSSR count). The van der Waals surface area contributed by atoms with Crippen molar-refractivity contribution in [2.24, 2.45) is 0 Å². The van der Waals surface area contributed by atoms with Crippen LogP contribution in [-0.2, 0) is 13.0 Å². The van der Waals surface area contributed by atoms with E-state index in [1.54, 1.807) is 0 Å². The molecule has 4 nitrogen and oxygen atoms in total. The second-order valence-corrected chi connectivity index (χ2v) is 7.86. The van der Waals surface area contributed by atoms with Gasteiger partial charge in [0, 0.05) is 56.0 Å². The normalized spacial score (nSPS) is 15.1. The fourth-order valence-electron chi connectivity index (χ4n) is 3.39. The molecule has 3 aromatic rings. The van der Waals surface area contributed by atoms with Crippen LogP contribution in [0, 0.1) is 0 Å². The Morgan fingerprint density at radius 2 is 1.41 bits per heavy atom. The molecule has 0 saturated carbocycles. The predicted octanol–water partition coefficient (Wildman–Crippen LogP) is 4.15. The van der Waals surface area contributed by atoms with Crippen molar-refractivity contribution in [2.75, 3.05) is 31.1 Å². The van der Waals surface area contributed by atoms with Gasteiger partial charge in [0.25, 0.3) is 0 Å². The lowest BCUT2D eigenvalue weighted by Gasteiger charge is -2.34. The summed E-state index contributed by atoms with van der Waals surface area (Å²) in [6.07, 6.45) is 4.80. The van der Waals surface area contributed by atoms with E-state index in [-0.39, 0.29) is 0 Å². The number of aromatic nitrogens is 2. The van der Waals surface area contributed by atoms with Crippen LogP contribution in [0.4, 0.5) is 5.95 Å². The summed E-state index contributed by atoms with van der Waals surface area (Å²) in [6.45, 7) is 5.00. The zero-order valence-corrected chi connectivity index (χ0v) is 16.8. The lowest BCUT2D eigenvalue weighted by atomic mass is 10.1. The molecule has 5 heteroatoms. The van der Waals surface area contributed by atoms with Crippen LogP contribution in [-0.4, -0.2) is 41.0 Å². The molecule has 1 fully saturated rings. The van der Waals surface area contributed by atoms with Crippen molar-refractivity contribution in [3.05, 3.63) is 88.2 Å². The molecule has 0 atom stereocenters. The Kier molecular flexibility index (Phi) is 5.80. The van der Waals surface area contributed by atoms with Gasteiger partial charge in [-0.25, -0.2) is 9.97 Å². The fraction of sp³-hybridized carbons (Fsp3) is 0.273. The molecule has 138 valence electrons. The van der Waals surface area contributed by atoms with Crippen molar-refractivity contribution in [3.8, 4) is 0 Å². The van der Waals surface area contributed by atoms with Gasteiger partial charge in [0.1, 0.15) is 0 Å². The van der Waals surface area contributed by atoms with E-state index in [1.807, 2.05) is 18.5 Å². The number of nitrogens with zero attached hydrogens (tertiary/aromatic N) is 4. The molecule has 2 aromatic carbocycles. The Hall–Kier alpha value is -2.24. The highest BCUT2D eigenvalue weighted by Gasteiger charge is 2.19. The molecule has 1 aliphatic heterocycles. The molecule has 0 N–H and O–H groups in total. The van der Waals surface area contributed by atoms with E-state index in [2.05, 4.69) is 84.2 Å². The second-order valence-electron chi connectivity index (χ2n) is 6.94. The van der Waals surface area contributed by atoms with Gasteiger partial charge in [0.05, 0.1) is 0 Å². The van der Waals surface area contributed by atoms with Gasteiger partial charge in [-0.3, -0.25) is 4.90 Å². The van der Waals surface area contributed by atoms with E-state index in [0.717, 1.165) is 55.1 Å². The van der Waals surface area contributed by atoms with Crippen molar-refractivity contribution in [3.63, 3.8) is 0 Å². The Labute approximate surface area is 169 Å². The summed E-state index contributed by atoms with van der Waals surface area (Å²) in [5.41, 5.74) is 3.79. The van der Waals surface area contributed by atoms with E-state index < -0.39 is 0 Å². The molecule has 0 unspecified atom stereocenters. The molecule has 1 aromatic heterocycles. The summed E-state index contributed by atoms with van der Waals surface area (Å²) >= 11 is 3.49. The summed E-state index contributed by atoms with van der Waals surface area (Å²) in [5.74, 6) is 0.843. The van der Waals surface area contributed by atoms with Crippen molar-refractivity contribution in [1.29, 1.82) is 0 Å². The largest absolute Gasteiger partial charge is 0.338 e. The number of hydrogen-bond donors (Lipinski definition) is 0. The van der Waals surface area contributed by atoms with Crippen LogP contribution in [0.5, 0.6) is 0 Å². The van der Waals surface area contributed by atoms with Crippen LogP contribution in [0.2, 0.25) is 0 Å². The van der Waals surface area contributed by atoms with Crippen molar-refractivity contribution in [1.82, 2.24) is 14.9 Å². The molecule has 0 bridgehead atoms. The van der Waals surface area contributed by atoms with E-state index in [9.17, 15) is 0 Å². The molecule has 0 aliphatic carbocycles. The lowest BCUT2D eigenvalue weighted by molar-refractivity contribution is 0.248. The fourth-order valence-corrected chi connectivity index (χ4v) is 3.65. The average Bonchev–Trinajstić information content (AvgIpc) is 2.72. The predicted molar refractivity (Wildman–Crippen MR) is 113 cm³/mol. The molecular formula is C22H23BrN4. The molecule has 2 heterocycles. The van der Waals surface area contributed by atoms with Gasteiger partial charge in [-0.1, -0.05) is 58.4 Å². The first-order valence-electron chi connectivity index (χ1n) is 9.33. The van der Waals surface area contributed by atoms with Crippen LogP contribution in [0.15, 0.2) is 71.5 Å². The Balaban J connectivity index is 1.30. The zero-order chi connectivity index (χ0) is 18.5.